The Balaban J connectivity index is 2.17. The number of pyridine rings is 1. The van der Waals surface area contributed by atoms with Gasteiger partial charge in [0.25, 0.3) is 0 Å². The fourth-order valence-electron chi connectivity index (χ4n) is 2.23. The quantitative estimate of drug-likeness (QED) is 0.852. The molecule has 2 aromatic rings. The average Bonchev–Trinajstić information content (AvgIpc) is 2.39. The molecule has 0 fully saturated rings. The number of aryl methyl sites for hydroxylation is 1. The third-order valence-corrected chi connectivity index (χ3v) is 3.17. The largest absolute Gasteiger partial charge is 0.439 e. The maximum Gasteiger partial charge on any atom is 0.221 e. The lowest BCUT2D eigenvalue weighted by Gasteiger charge is -2.12. The maximum atomic E-state index is 5.83. The maximum absolute atomic E-state index is 5.83. The van der Waals surface area contributed by atoms with Gasteiger partial charge in [0.15, 0.2) is 0 Å². The highest BCUT2D eigenvalue weighted by Crippen LogP contribution is 2.26. The number of aromatic nitrogens is 1. The summed E-state index contributed by atoms with van der Waals surface area (Å²) >= 11 is 0. The summed E-state index contributed by atoms with van der Waals surface area (Å²) in [6.07, 6.45) is 0. The normalized spacial score (nSPS) is 10.7. The first-order chi connectivity index (χ1) is 9.60. The van der Waals surface area contributed by atoms with Crippen LogP contribution in [-0.2, 0) is 0 Å². The van der Waals surface area contributed by atoms with Crippen LogP contribution in [0.3, 0.4) is 0 Å². The zero-order valence-corrected chi connectivity index (χ0v) is 12.6. The van der Waals surface area contributed by atoms with Crippen LogP contribution in [0.2, 0.25) is 0 Å². The number of nitrogens with zero attached hydrogens (tertiary/aromatic N) is 1. The van der Waals surface area contributed by atoms with E-state index in [1.165, 1.54) is 11.1 Å². The molecule has 106 valence electrons. The number of benzene rings is 1. The van der Waals surface area contributed by atoms with Crippen molar-refractivity contribution in [2.75, 3.05) is 11.9 Å². The molecule has 1 heterocycles. The zero-order valence-electron chi connectivity index (χ0n) is 12.6. The predicted octanol–water partition coefficient (Wildman–Crippen LogP) is 4.74. The van der Waals surface area contributed by atoms with Crippen molar-refractivity contribution in [3.63, 3.8) is 0 Å². The van der Waals surface area contributed by atoms with Gasteiger partial charge in [-0.2, -0.15) is 4.98 Å². The van der Waals surface area contributed by atoms with Gasteiger partial charge in [-0.3, -0.25) is 0 Å². The van der Waals surface area contributed by atoms with Crippen LogP contribution >= 0.6 is 0 Å². The highest BCUT2D eigenvalue weighted by atomic mass is 16.5. The number of hydrogen-bond donors (Lipinski definition) is 1. The summed E-state index contributed by atoms with van der Waals surface area (Å²) in [7, 11) is 0. The molecule has 0 amide bonds. The van der Waals surface area contributed by atoms with Gasteiger partial charge in [0.1, 0.15) is 11.6 Å². The Morgan fingerprint density at radius 2 is 2.00 bits per heavy atom. The summed E-state index contributed by atoms with van der Waals surface area (Å²) in [5.74, 6) is 2.80. The van der Waals surface area contributed by atoms with Crippen molar-refractivity contribution in [2.24, 2.45) is 0 Å². The molecule has 0 aliphatic heterocycles. The van der Waals surface area contributed by atoms with E-state index in [4.69, 9.17) is 4.74 Å². The Hall–Kier alpha value is -2.03. The van der Waals surface area contributed by atoms with Crippen molar-refractivity contribution in [3.8, 4) is 11.6 Å². The Morgan fingerprint density at radius 1 is 1.20 bits per heavy atom. The molecule has 3 heteroatoms. The van der Waals surface area contributed by atoms with E-state index in [9.17, 15) is 0 Å². The number of nitrogens with one attached hydrogen (secondary N) is 1. The van der Waals surface area contributed by atoms with E-state index >= 15 is 0 Å². The monoisotopic (exact) mass is 270 g/mol. The summed E-state index contributed by atoms with van der Waals surface area (Å²) in [5, 5.41) is 3.18. The molecule has 0 aliphatic rings. The molecular formula is C17H22N2O. The van der Waals surface area contributed by atoms with E-state index in [1.54, 1.807) is 0 Å². The van der Waals surface area contributed by atoms with Crippen LogP contribution in [0, 0.1) is 6.92 Å². The molecule has 0 saturated heterocycles. The minimum atomic E-state index is 0.527. The van der Waals surface area contributed by atoms with E-state index in [1.807, 2.05) is 31.2 Å². The first kappa shape index (κ1) is 14.4. The number of anilines is 1. The lowest BCUT2D eigenvalue weighted by Crippen LogP contribution is -2.00. The smallest absolute Gasteiger partial charge is 0.221 e. The number of ether oxygens (including phenoxy) is 1. The van der Waals surface area contributed by atoms with Crippen molar-refractivity contribution < 1.29 is 4.74 Å². The van der Waals surface area contributed by atoms with Crippen LogP contribution in [0.1, 0.15) is 37.8 Å². The Kier molecular flexibility index (Phi) is 4.61. The van der Waals surface area contributed by atoms with Crippen molar-refractivity contribution >= 4 is 5.82 Å². The standard InChI is InChI=1S/C17H22N2O/c1-5-18-16-7-6-8-17(19-16)20-14-9-10-15(12(2)3)13(4)11-14/h6-12H,5H2,1-4H3,(H,18,19). The average molecular weight is 270 g/mol. The summed E-state index contributed by atoms with van der Waals surface area (Å²) < 4.78 is 5.83. The number of rotatable bonds is 5. The molecule has 1 N–H and O–H groups in total. The second-order valence-electron chi connectivity index (χ2n) is 5.17. The topological polar surface area (TPSA) is 34.1 Å². The van der Waals surface area contributed by atoms with E-state index < -0.39 is 0 Å². The van der Waals surface area contributed by atoms with E-state index in [0.29, 0.717) is 11.8 Å². The summed E-state index contributed by atoms with van der Waals surface area (Å²) in [5.41, 5.74) is 2.60. The van der Waals surface area contributed by atoms with Gasteiger partial charge in [-0.1, -0.05) is 26.0 Å². The second-order valence-corrected chi connectivity index (χ2v) is 5.17. The molecule has 0 spiro atoms. The molecule has 0 aliphatic carbocycles. The van der Waals surface area contributed by atoms with Crippen LogP contribution in [0.4, 0.5) is 5.82 Å². The minimum absolute atomic E-state index is 0.527. The lowest BCUT2D eigenvalue weighted by atomic mass is 9.98. The van der Waals surface area contributed by atoms with Gasteiger partial charge in [0.05, 0.1) is 0 Å². The number of hydrogen-bond acceptors (Lipinski definition) is 3. The SMILES string of the molecule is CCNc1cccc(Oc2ccc(C(C)C)c(C)c2)n1. The Bertz CT molecular complexity index is 579. The fourth-order valence-corrected chi connectivity index (χ4v) is 2.23. The van der Waals surface area contributed by atoms with Crippen molar-refractivity contribution in [1.29, 1.82) is 0 Å². The Labute approximate surface area is 121 Å². The molecule has 3 nitrogen and oxygen atoms in total. The van der Waals surface area contributed by atoms with Gasteiger partial charge in [-0.25, -0.2) is 0 Å². The molecule has 0 unspecified atom stereocenters. The highest BCUT2D eigenvalue weighted by Gasteiger charge is 2.06. The van der Waals surface area contributed by atoms with Crippen LogP contribution in [-0.4, -0.2) is 11.5 Å². The third-order valence-electron chi connectivity index (χ3n) is 3.17. The van der Waals surface area contributed by atoms with E-state index in [2.05, 4.69) is 43.2 Å². The molecule has 2 rings (SSSR count). The molecule has 0 bridgehead atoms. The molecule has 0 saturated carbocycles. The first-order valence-electron chi connectivity index (χ1n) is 7.09. The van der Waals surface area contributed by atoms with Crippen molar-refractivity contribution in [1.82, 2.24) is 4.98 Å². The molecule has 0 atom stereocenters. The van der Waals surface area contributed by atoms with Gasteiger partial charge >= 0.3 is 0 Å². The van der Waals surface area contributed by atoms with Crippen LogP contribution in [0.25, 0.3) is 0 Å². The highest BCUT2D eigenvalue weighted by molar-refractivity contribution is 5.40. The van der Waals surface area contributed by atoms with Gasteiger partial charge in [-0.05, 0) is 49.1 Å². The van der Waals surface area contributed by atoms with Crippen molar-refractivity contribution in [2.45, 2.75) is 33.6 Å². The minimum Gasteiger partial charge on any atom is -0.439 e. The fraction of sp³-hybridized carbons (Fsp3) is 0.353. The summed E-state index contributed by atoms with van der Waals surface area (Å²) in [6, 6.07) is 11.9. The van der Waals surface area contributed by atoms with Gasteiger partial charge in [0, 0.05) is 12.6 Å². The Morgan fingerprint density at radius 3 is 2.65 bits per heavy atom. The van der Waals surface area contributed by atoms with Gasteiger partial charge in [-0.15, -0.1) is 0 Å². The predicted molar refractivity (Wildman–Crippen MR) is 83.7 cm³/mol. The molecule has 1 aromatic heterocycles. The lowest BCUT2D eigenvalue weighted by molar-refractivity contribution is 0.463. The van der Waals surface area contributed by atoms with Crippen LogP contribution in [0.5, 0.6) is 11.6 Å². The molecular weight excluding hydrogens is 248 g/mol. The van der Waals surface area contributed by atoms with E-state index in [-0.39, 0.29) is 0 Å². The molecule has 1 aromatic carbocycles. The van der Waals surface area contributed by atoms with Crippen LogP contribution < -0.4 is 10.1 Å². The summed E-state index contributed by atoms with van der Waals surface area (Å²) in [4.78, 5) is 4.41. The third kappa shape index (κ3) is 3.50. The molecule has 20 heavy (non-hydrogen) atoms. The van der Waals surface area contributed by atoms with Crippen LogP contribution in [0.15, 0.2) is 36.4 Å². The zero-order chi connectivity index (χ0) is 14.5. The van der Waals surface area contributed by atoms with Gasteiger partial charge in [0.2, 0.25) is 5.88 Å². The molecule has 0 radical (unpaired) electrons. The van der Waals surface area contributed by atoms with Crippen molar-refractivity contribution in [3.05, 3.63) is 47.5 Å². The van der Waals surface area contributed by atoms with E-state index in [0.717, 1.165) is 18.1 Å². The summed E-state index contributed by atoms with van der Waals surface area (Å²) in [6.45, 7) is 9.40. The first-order valence-corrected chi connectivity index (χ1v) is 7.09. The van der Waals surface area contributed by atoms with Gasteiger partial charge < -0.3 is 10.1 Å². The second kappa shape index (κ2) is 6.42.